The summed E-state index contributed by atoms with van der Waals surface area (Å²) in [6.07, 6.45) is 9.08. The first kappa shape index (κ1) is 12.4. The molecule has 14 heavy (non-hydrogen) atoms. The standard InChI is InChI=1S/C13H17N/c1-6-8-10-14-13(5)12(4)11(3)9-7-2/h6-10H,2,4-5H2,1,3H3/b8-6-,11-9-,14-10?. The van der Waals surface area contributed by atoms with Crippen molar-refractivity contribution < 1.29 is 0 Å². The molecule has 0 amide bonds. The van der Waals surface area contributed by atoms with Crippen LogP contribution in [0, 0.1) is 0 Å². The maximum absolute atomic E-state index is 4.14. The molecule has 0 aliphatic rings. The maximum Gasteiger partial charge on any atom is 0.0626 e. The fraction of sp³-hybridized carbons (Fsp3) is 0.154. The zero-order valence-electron chi connectivity index (χ0n) is 8.96. The fourth-order valence-electron chi connectivity index (χ4n) is 0.802. The molecule has 0 aromatic heterocycles. The van der Waals surface area contributed by atoms with Crippen LogP contribution in [0.3, 0.4) is 0 Å². The van der Waals surface area contributed by atoms with Gasteiger partial charge in [0.25, 0.3) is 0 Å². The van der Waals surface area contributed by atoms with Crippen molar-refractivity contribution in [3.05, 3.63) is 60.9 Å². The van der Waals surface area contributed by atoms with E-state index in [2.05, 4.69) is 24.7 Å². The topological polar surface area (TPSA) is 12.4 Å². The van der Waals surface area contributed by atoms with Gasteiger partial charge in [0.05, 0.1) is 5.70 Å². The van der Waals surface area contributed by atoms with E-state index >= 15 is 0 Å². The largest absolute Gasteiger partial charge is 0.257 e. The van der Waals surface area contributed by atoms with Crippen LogP contribution in [0.1, 0.15) is 13.8 Å². The lowest BCUT2D eigenvalue weighted by molar-refractivity contribution is 1.31. The zero-order valence-corrected chi connectivity index (χ0v) is 8.96. The van der Waals surface area contributed by atoms with Gasteiger partial charge in [0.1, 0.15) is 0 Å². The molecule has 0 atom stereocenters. The highest BCUT2D eigenvalue weighted by atomic mass is 14.7. The molecule has 0 radical (unpaired) electrons. The van der Waals surface area contributed by atoms with Crippen molar-refractivity contribution in [3.63, 3.8) is 0 Å². The predicted molar refractivity (Wildman–Crippen MR) is 65.5 cm³/mol. The fourth-order valence-corrected chi connectivity index (χ4v) is 0.802. The van der Waals surface area contributed by atoms with Gasteiger partial charge in [-0.2, -0.15) is 0 Å². The second-order valence-corrected chi connectivity index (χ2v) is 2.81. The third-order valence-electron chi connectivity index (χ3n) is 1.70. The second-order valence-electron chi connectivity index (χ2n) is 2.81. The van der Waals surface area contributed by atoms with E-state index in [1.54, 1.807) is 12.3 Å². The van der Waals surface area contributed by atoms with Crippen LogP contribution in [0.15, 0.2) is 65.9 Å². The van der Waals surface area contributed by atoms with Crippen molar-refractivity contribution in [2.75, 3.05) is 0 Å². The SMILES string of the molecule is C=C/C=C(/C)C(=C)C(=C)N=C/C=C\C. The summed E-state index contributed by atoms with van der Waals surface area (Å²) in [5.41, 5.74) is 2.55. The molecule has 1 nitrogen and oxygen atoms in total. The average Bonchev–Trinajstić information content (AvgIpc) is 2.17. The summed E-state index contributed by atoms with van der Waals surface area (Å²) >= 11 is 0. The molecule has 0 fully saturated rings. The number of nitrogens with zero attached hydrogens (tertiary/aromatic N) is 1. The minimum absolute atomic E-state index is 0.679. The third kappa shape index (κ3) is 4.41. The van der Waals surface area contributed by atoms with Crippen LogP contribution in [0.4, 0.5) is 0 Å². The van der Waals surface area contributed by atoms with E-state index in [9.17, 15) is 0 Å². The Morgan fingerprint density at radius 2 is 1.93 bits per heavy atom. The summed E-state index contributed by atoms with van der Waals surface area (Å²) < 4.78 is 0. The Hall–Kier alpha value is -1.63. The molecule has 0 heterocycles. The lowest BCUT2D eigenvalue weighted by atomic mass is 10.1. The monoisotopic (exact) mass is 187 g/mol. The van der Waals surface area contributed by atoms with Crippen molar-refractivity contribution in [1.82, 2.24) is 0 Å². The summed E-state index contributed by atoms with van der Waals surface area (Å²) in [6, 6.07) is 0. The molecular weight excluding hydrogens is 170 g/mol. The Kier molecular flexibility index (Phi) is 6.04. The summed E-state index contributed by atoms with van der Waals surface area (Å²) in [5.74, 6) is 0. The average molecular weight is 187 g/mol. The van der Waals surface area contributed by atoms with Crippen LogP contribution in [-0.4, -0.2) is 6.21 Å². The van der Waals surface area contributed by atoms with Crippen molar-refractivity contribution in [2.45, 2.75) is 13.8 Å². The highest BCUT2D eigenvalue weighted by Gasteiger charge is 1.98. The van der Waals surface area contributed by atoms with Gasteiger partial charge in [0.15, 0.2) is 0 Å². The van der Waals surface area contributed by atoms with Crippen molar-refractivity contribution in [3.8, 4) is 0 Å². The van der Waals surface area contributed by atoms with Gasteiger partial charge in [-0.05, 0) is 31.1 Å². The first-order valence-electron chi connectivity index (χ1n) is 4.46. The number of aliphatic imine (C=N–C) groups is 1. The summed E-state index contributed by atoms with van der Waals surface area (Å²) in [6.45, 7) is 15.2. The number of hydrogen-bond donors (Lipinski definition) is 0. The molecule has 1 heteroatoms. The van der Waals surface area contributed by atoms with E-state index in [0.717, 1.165) is 11.1 Å². The Morgan fingerprint density at radius 3 is 2.43 bits per heavy atom. The number of rotatable bonds is 5. The molecule has 0 unspecified atom stereocenters. The van der Waals surface area contributed by atoms with Gasteiger partial charge >= 0.3 is 0 Å². The van der Waals surface area contributed by atoms with Crippen LogP contribution < -0.4 is 0 Å². The van der Waals surface area contributed by atoms with Gasteiger partial charge in [-0.3, -0.25) is 4.99 Å². The Labute approximate surface area is 86.6 Å². The van der Waals surface area contributed by atoms with E-state index in [0.29, 0.717) is 5.70 Å². The first-order valence-corrected chi connectivity index (χ1v) is 4.46. The molecule has 0 saturated heterocycles. The lowest BCUT2D eigenvalue weighted by Crippen LogP contribution is -1.85. The minimum atomic E-state index is 0.679. The molecule has 74 valence electrons. The van der Waals surface area contributed by atoms with Gasteiger partial charge in [-0.1, -0.05) is 38.0 Å². The number of allylic oxidation sites excluding steroid dienone is 5. The normalized spacial score (nSPS) is 12.3. The van der Waals surface area contributed by atoms with Crippen molar-refractivity contribution >= 4 is 6.21 Å². The first-order chi connectivity index (χ1) is 6.63. The molecule has 0 saturated carbocycles. The van der Waals surface area contributed by atoms with E-state index in [1.165, 1.54) is 0 Å². The zero-order chi connectivity index (χ0) is 11.0. The molecule has 0 bridgehead atoms. The van der Waals surface area contributed by atoms with Crippen molar-refractivity contribution in [2.24, 2.45) is 4.99 Å². The Morgan fingerprint density at radius 1 is 1.29 bits per heavy atom. The van der Waals surface area contributed by atoms with Gasteiger partial charge < -0.3 is 0 Å². The van der Waals surface area contributed by atoms with Crippen LogP contribution in [0.5, 0.6) is 0 Å². The highest BCUT2D eigenvalue weighted by Crippen LogP contribution is 2.15. The molecule has 0 aliphatic heterocycles. The van der Waals surface area contributed by atoms with Gasteiger partial charge in [-0.25, -0.2) is 0 Å². The Bertz CT molecular complexity index is 314. The maximum atomic E-state index is 4.14. The molecule has 0 spiro atoms. The van der Waals surface area contributed by atoms with E-state index in [4.69, 9.17) is 0 Å². The molecular formula is C13H17N. The second kappa shape index (κ2) is 6.84. The minimum Gasteiger partial charge on any atom is -0.257 e. The van der Waals surface area contributed by atoms with Gasteiger partial charge in [-0.15, -0.1) is 0 Å². The molecule has 0 N–H and O–H groups in total. The molecule has 0 aromatic rings. The summed E-state index contributed by atoms with van der Waals surface area (Å²) in [4.78, 5) is 4.14. The predicted octanol–water partition coefficient (Wildman–Crippen LogP) is 3.84. The quantitative estimate of drug-likeness (QED) is 0.458. The molecule has 0 aliphatic carbocycles. The van der Waals surface area contributed by atoms with E-state index < -0.39 is 0 Å². The summed E-state index contributed by atoms with van der Waals surface area (Å²) in [5, 5.41) is 0. The van der Waals surface area contributed by atoms with E-state index in [-0.39, 0.29) is 0 Å². The smallest absolute Gasteiger partial charge is 0.0626 e. The summed E-state index contributed by atoms with van der Waals surface area (Å²) in [7, 11) is 0. The highest BCUT2D eigenvalue weighted by molar-refractivity contribution is 5.72. The van der Waals surface area contributed by atoms with E-state index in [1.807, 2.05) is 32.1 Å². The molecule has 0 rings (SSSR count). The van der Waals surface area contributed by atoms with Gasteiger partial charge in [0, 0.05) is 6.21 Å². The van der Waals surface area contributed by atoms with Crippen molar-refractivity contribution in [1.29, 1.82) is 0 Å². The van der Waals surface area contributed by atoms with Crippen LogP contribution in [0.2, 0.25) is 0 Å². The van der Waals surface area contributed by atoms with Gasteiger partial charge in [0.2, 0.25) is 0 Å². The third-order valence-corrected chi connectivity index (χ3v) is 1.70. The Balaban J connectivity index is 4.48. The van der Waals surface area contributed by atoms with Crippen LogP contribution in [0.25, 0.3) is 0 Å². The number of hydrogen-bond acceptors (Lipinski definition) is 1. The van der Waals surface area contributed by atoms with Crippen LogP contribution >= 0.6 is 0 Å². The molecule has 0 aromatic carbocycles. The lowest BCUT2D eigenvalue weighted by Gasteiger charge is -2.03. The van der Waals surface area contributed by atoms with Crippen LogP contribution in [-0.2, 0) is 0 Å².